The van der Waals surface area contributed by atoms with Gasteiger partial charge in [-0.05, 0) is 67.1 Å². The van der Waals surface area contributed by atoms with Gasteiger partial charge in [0, 0.05) is 44.4 Å². The summed E-state index contributed by atoms with van der Waals surface area (Å²) in [6.45, 7) is 2.28. The average molecular weight is 551 g/mol. The minimum Gasteiger partial charge on any atom is -0.333 e. The predicted molar refractivity (Wildman–Crippen MR) is 174 cm³/mol. The third-order valence-corrected chi connectivity index (χ3v) is 9.14. The second-order valence-electron chi connectivity index (χ2n) is 11.4. The minimum absolute atomic E-state index is 0.0926. The molecule has 0 spiro atoms. The number of para-hydroxylation sites is 3. The van der Waals surface area contributed by atoms with Crippen molar-refractivity contribution < 1.29 is 0 Å². The van der Waals surface area contributed by atoms with Crippen molar-refractivity contribution in [3.63, 3.8) is 0 Å². The van der Waals surface area contributed by atoms with Crippen LogP contribution in [0.3, 0.4) is 0 Å². The highest BCUT2D eigenvalue weighted by Crippen LogP contribution is 2.51. The summed E-state index contributed by atoms with van der Waals surface area (Å²) in [6.07, 6.45) is 8.77. The molecule has 2 atom stereocenters. The van der Waals surface area contributed by atoms with E-state index in [0.717, 1.165) is 39.2 Å². The smallest absolute Gasteiger partial charge is 0.0998 e. The molecule has 43 heavy (non-hydrogen) atoms. The van der Waals surface area contributed by atoms with Gasteiger partial charge in [0.05, 0.1) is 40.3 Å². The maximum absolute atomic E-state index is 10.2. The Morgan fingerprint density at radius 1 is 0.651 bits per heavy atom. The quantitative estimate of drug-likeness (QED) is 0.221. The third kappa shape index (κ3) is 3.54. The summed E-state index contributed by atoms with van der Waals surface area (Å²) in [5.41, 5.74) is 8.94. The van der Waals surface area contributed by atoms with Gasteiger partial charge in [0.25, 0.3) is 0 Å². The second kappa shape index (κ2) is 9.35. The van der Waals surface area contributed by atoms with E-state index in [0.29, 0.717) is 11.1 Å². The molecule has 1 aliphatic carbocycles. The Morgan fingerprint density at radius 3 is 1.91 bits per heavy atom. The molecule has 4 nitrogen and oxygen atoms in total. The molecule has 1 aromatic heterocycles. The molecule has 2 heterocycles. The summed E-state index contributed by atoms with van der Waals surface area (Å²) in [6, 6.07) is 42.1. The van der Waals surface area contributed by atoms with E-state index < -0.39 is 0 Å². The largest absolute Gasteiger partial charge is 0.333 e. The number of allylic oxidation sites excluding steroid dienone is 2. The van der Waals surface area contributed by atoms with Gasteiger partial charge in [0.2, 0.25) is 0 Å². The summed E-state index contributed by atoms with van der Waals surface area (Å²) in [5, 5.41) is 22.8. The monoisotopic (exact) mass is 550 g/mol. The van der Waals surface area contributed by atoms with Gasteiger partial charge in [-0.15, -0.1) is 0 Å². The molecule has 1 aliphatic heterocycles. The van der Waals surface area contributed by atoms with Crippen LogP contribution in [-0.4, -0.2) is 10.6 Å². The Labute approximate surface area is 250 Å². The fourth-order valence-corrected chi connectivity index (χ4v) is 7.11. The van der Waals surface area contributed by atoms with Crippen LogP contribution in [0.4, 0.5) is 11.4 Å². The van der Waals surface area contributed by atoms with Crippen molar-refractivity contribution in [3.05, 3.63) is 150 Å². The minimum atomic E-state index is -0.173. The van der Waals surface area contributed by atoms with Gasteiger partial charge in [-0.1, -0.05) is 78.9 Å². The van der Waals surface area contributed by atoms with E-state index in [-0.39, 0.29) is 11.5 Å². The Hall–Kier alpha value is -5.84. The molecule has 5 aromatic carbocycles. The van der Waals surface area contributed by atoms with Crippen molar-refractivity contribution in [1.29, 1.82) is 10.5 Å². The zero-order chi connectivity index (χ0) is 29.1. The SMILES string of the molecule is C[C@@]12C=CC=CC1N(c1ccc(C#N)c(-c3cc(-n4c5ccccc5c5ccccc54)ccc3C#N)c1)c1ccccc12. The van der Waals surface area contributed by atoms with E-state index in [1.165, 1.54) is 16.3 Å². The summed E-state index contributed by atoms with van der Waals surface area (Å²) >= 11 is 0. The predicted octanol–water partition coefficient (Wildman–Crippen LogP) is 9.10. The van der Waals surface area contributed by atoms with Gasteiger partial charge in [-0.3, -0.25) is 0 Å². The molecule has 0 bridgehead atoms. The van der Waals surface area contributed by atoms with Crippen LogP contribution in [0.5, 0.6) is 0 Å². The van der Waals surface area contributed by atoms with Crippen molar-refractivity contribution in [2.45, 2.75) is 18.4 Å². The summed E-state index contributed by atoms with van der Waals surface area (Å²) in [7, 11) is 0. The molecule has 0 fully saturated rings. The molecule has 0 N–H and O–H groups in total. The number of anilines is 2. The number of fused-ring (bicyclic) bond motifs is 6. The van der Waals surface area contributed by atoms with Crippen molar-refractivity contribution in [1.82, 2.24) is 4.57 Å². The molecule has 0 saturated heterocycles. The fraction of sp³-hybridized carbons (Fsp3) is 0.0769. The molecule has 8 rings (SSSR count). The van der Waals surface area contributed by atoms with Crippen molar-refractivity contribution >= 4 is 33.2 Å². The van der Waals surface area contributed by atoms with Crippen LogP contribution < -0.4 is 4.90 Å². The lowest BCUT2D eigenvalue weighted by atomic mass is 9.76. The number of nitriles is 2. The average Bonchev–Trinajstić information content (AvgIpc) is 3.54. The maximum Gasteiger partial charge on any atom is 0.0998 e. The first kappa shape index (κ1) is 24.9. The summed E-state index contributed by atoms with van der Waals surface area (Å²) < 4.78 is 2.24. The van der Waals surface area contributed by atoms with E-state index in [1.54, 1.807) is 0 Å². The lowest BCUT2D eigenvalue weighted by Crippen LogP contribution is -2.39. The van der Waals surface area contributed by atoms with Crippen molar-refractivity contribution in [3.8, 4) is 29.0 Å². The zero-order valence-electron chi connectivity index (χ0n) is 23.6. The van der Waals surface area contributed by atoms with Crippen LogP contribution in [0.15, 0.2) is 133 Å². The first-order valence-corrected chi connectivity index (χ1v) is 14.4. The molecule has 0 amide bonds. The van der Waals surface area contributed by atoms with Crippen LogP contribution in [0.25, 0.3) is 38.6 Å². The molecule has 0 radical (unpaired) electrons. The standard InChI is InChI=1S/C39H26N4/c1-39-21-9-8-16-38(39)43(37-15-7-4-12-34(37)39)29-20-18-27(25-41)33(23-29)32-22-28(19-17-26(32)24-40)42-35-13-5-2-10-30(35)31-11-3-6-14-36(31)42/h2-23,38H,1H3/t38?,39-/m0/s1. The van der Waals surface area contributed by atoms with Crippen LogP contribution in [-0.2, 0) is 5.41 Å². The number of benzene rings is 5. The summed E-state index contributed by atoms with van der Waals surface area (Å²) in [4.78, 5) is 2.36. The molecule has 6 aromatic rings. The lowest BCUT2D eigenvalue weighted by molar-refractivity contribution is 0.551. The van der Waals surface area contributed by atoms with Gasteiger partial charge < -0.3 is 9.47 Å². The highest BCUT2D eigenvalue weighted by molar-refractivity contribution is 6.09. The van der Waals surface area contributed by atoms with E-state index in [4.69, 9.17) is 0 Å². The number of hydrogen-bond donors (Lipinski definition) is 0. The molecular weight excluding hydrogens is 524 g/mol. The molecule has 4 heteroatoms. The second-order valence-corrected chi connectivity index (χ2v) is 11.4. The van der Waals surface area contributed by atoms with Crippen molar-refractivity contribution in [2.24, 2.45) is 0 Å². The van der Waals surface area contributed by atoms with Gasteiger partial charge in [-0.25, -0.2) is 0 Å². The fourth-order valence-electron chi connectivity index (χ4n) is 7.11. The normalized spacial score (nSPS) is 18.4. The van der Waals surface area contributed by atoms with Crippen LogP contribution in [0.1, 0.15) is 23.6 Å². The molecule has 2 aliphatic rings. The lowest BCUT2D eigenvalue weighted by Gasteiger charge is -2.34. The van der Waals surface area contributed by atoms with Crippen molar-refractivity contribution in [2.75, 3.05) is 4.90 Å². The zero-order valence-corrected chi connectivity index (χ0v) is 23.6. The topological polar surface area (TPSA) is 55.8 Å². The Balaban J connectivity index is 1.35. The molecule has 202 valence electrons. The van der Waals surface area contributed by atoms with Gasteiger partial charge in [0.15, 0.2) is 0 Å². The number of hydrogen-bond acceptors (Lipinski definition) is 3. The van der Waals surface area contributed by atoms with Crippen LogP contribution >= 0.6 is 0 Å². The maximum atomic E-state index is 10.2. The Bertz CT molecular complexity index is 2200. The first-order valence-electron chi connectivity index (χ1n) is 14.4. The highest BCUT2D eigenvalue weighted by atomic mass is 15.2. The Kier molecular flexibility index (Phi) is 5.42. The Morgan fingerprint density at radius 2 is 1.23 bits per heavy atom. The van der Waals surface area contributed by atoms with Gasteiger partial charge >= 0.3 is 0 Å². The van der Waals surface area contributed by atoms with Gasteiger partial charge in [-0.2, -0.15) is 10.5 Å². The van der Waals surface area contributed by atoms with E-state index in [2.05, 4.69) is 138 Å². The molecular formula is C39H26N4. The van der Waals surface area contributed by atoms with Crippen LogP contribution in [0, 0.1) is 22.7 Å². The number of rotatable bonds is 3. The van der Waals surface area contributed by atoms with E-state index in [9.17, 15) is 10.5 Å². The van der Waals surface area contributed by atoms with Crippen LogP contribution in [0.2, 0.25) is 0 Å². The molecule has 1 unspecified atom stereocenters. The molecule has 0 saturated carbocycles. The first-order chi connectivity index (χ1) is 21.1. The van der Waals surface area contributed by atoms with E-state index in [1.807, 2.05) is 24.3 Å². The van der Waals surface area contributed by atoms with E-state index >= 15 is 0 Å². The number of nitrogens with zero attached hydrogens (tertiary/aromatic N) is 4. The third-order valence-electron chi connectivity index (χ3n) is 9.14. The highest BCUT2D eigenvalue weighted by Gasteiger charge is 2.46. The number of aromatic nitrogens is 1. The summed E-state index contributed by atoms with van der Waals surface area (Å²) in [5.74, 6) is 0. The van der Waals surface area contributed by atoms with Gasteiger partial charge in [0.1, 0.15) is 0 Å².